The number of aromatic nitrogens is 4. The fourth-order valence-electron chi connectivity index (χ4n) is 11.2. The third-order valence-electron chi connectivity index (χ3n) is 15.2. The molecule has 15 nitrogen and oxygen atoms in total. The molecule has 2 fully saturated rings. The number of aliphatic hydroxyl groups excluding tert-OH is 1. The average Bonchev–Trinajstić information content (AvgIpc) is 4.19. The van der Waals surface area contributed by atoms with Gasteiger partial charge in [0.15, 0.2) is 0 Å². The summed E-state index contributed by atoms with van der Waals surface area (Å²) < 4.78 is 23.7. The van der Waals surface area contributed by atoms with Crippen molar-refractivity contribution in [1.82, 2.24) is 35.1 Å². The highest BCUT2D eigenvalue weighted by atomic mass is 16.5. The number of ether oxygens (including phenoxy) is 4. The van der Waals surface area contributed by atoms with Crippen LogP contribution >= 0.6 is 0 Å². The van der Waals surface area contributed by atoms with E-state index in [4.69, 9.17) is 34.6 Å². The molecule has 9 unspecified atom stereocenters. The summed E-state index contributed by atoms with van der Waals surface area (Å²) in [6, 6.07) is 11.8. The Morgan fingerprint density at radius 1 is 0.942 bits per heavy atom. The quantitative estimate of drug-likeness (QED) is 0.0718. The van der Waals surface area contributed by atoms with Crippen LogP contribution in [0.4, 0.5) is 4.79 Å². The molecular formula is C54H70N8O7. The number of aliphatic hydroxyl groups is 1. The first-order valence-corrected chi connectivity index (χ1v) is 24.9. The van der Waals surface area contributed by atoms with Crippen molar-refractivity contribution in [2.24, 2.45) is 29.4 Å². The Morgan fingerprint density at radius 3 is 2.38 bits per heavy atom. The van der Waals surface area contributed by atoms with Gasteiger partial charge < -0.3 is 50.0 Å². The van der Waals surface area contributed by atoms with Gasteiger partial charge in [0.05, 0.1) is 61.7 Å². The van der Waals surface area contributed by atoms with E-state index in [1.807, 2.05) is 49.9 Å². The van der Waals surface area contributed by atoms with Gasteiger partial charge >= 0.3 is 6.09 Å². The predicted molar refractivity (Wildman–Crippen MR) is 265 cm³/mol. The van der Waals surface area contributed by atoms with Crippen molar-refractivity contribution in [1.29, 1.82) is 0 Å². The van der Waals surface area contributed by atoms with Crippen LogP contribution in [0.15, 0.2) is 72.8 Å². The molecule has 9 atom stereocenters. The number of imidazole rings is 2. The van der Waals surface area contributed by atoms with E-state index in [2.05, 4.69) is 82.9 Å². The van der Waals surface area contributed by atoms with Crippen molar-refractivity contribution in [3.8, 4) is 28.3 Å². The van der Waals surface area contributed by atoms with Crippen LogP contribution in [0.1, 0.15) is 119 Å². The van der Waals surface area contributed by atoms with Crippen molar-refractivity contribution < 1.29 is 33.6 Å². The van der Waals surface area contributed by atoms with E-state index in [0.717, 1.165) is 95.3 Å². The zero-order valence-corrected chi connectivity index (χ0v) is 41.1. The fraction of sp³-hybridized carbons (Fsp3) is 0.519. The number of benzene rings is 2. The van der Waals surface area contributed by atoms with Gasteiger partial charge in [-0.3, -0.25) is 9.69 Å². The summed E-state index contributed by atoms with van der Waals surface area (Å²) in [7, 11) is 3.01. The Hall–Kier alpha value is -5.74. The molecule has 6 N–H and O–H groups in total. The fourth-order valence-corrected chi connectivity index (χ4v) is 11.2. The van der Waals surface area contributed by atoms with E-state index in [9.17, 15) is 14.7 Å². The van der Waals surface area contributed by atoms with Gasteiger partial charge in [0, 0.05) is 48.7 Å². The van der Waals surface area contributed by atoms with Crippen LogP contribution in [0.25, 0.3) is 34.2 Å². The number of nitrogens with one attached hydrogen (secondary N) is 3. The summed E-state index contributed by atoms with van der Waals surface area (Å²) in [4.78, 5) is 46.5. The van der Waals surface area contributed by atoms with Gasteiger partial charge in [-0.05, 0) is 97.3 Å². The maximum atomic E-state index is 13.4. The van der Waals surface area contributed by atoms with Crippen LogP contribution < -0.4 is 15.8 Å². The molecule has 9 rings (SSSR count). The molecule has 2 saturated heterocycles. The number of rotatable bonds is 15. The summed E-state index contributed by atoms with van der Waals surface area (Å²) in [6.07, 6.45) is 16.0. The Labute approximate surface area is 405 Å². The van der Waals surface area contributed by atoms with Crippen LogP contribution in [0.3, 0.4) is 0 Å². The van der Waals surface area contributed by atoms with Crippen molar-refractivity contribution >= 4 is 23.6 Å². The number of carbonyl (C=O) groups is 2. The van der Waals surface area contributed by atoms with Crippen molar-refractivity contribution in [2.75, 3.05) is 40.5 Å². The van der Waals surface area contributed by atoms with Gasteiger partial charge in [-0.2, -0.15) is 0 Å². The molecule has 0 saturated carbocycles. The molecular weight excluding hydrogens is 873 g/mol. The van der Waals surface area contributed by atoms with Crippen LogP contribution in [-0.4, -0.2) is 112 Å². The number of alkyl carbamates (subject to hydrolysis) is 1. The normalized spacial score (nSPS) is 24.7. The number of carbonyl (C=O) groups excluding carboxylic acids is 2. The summed E-state index contributed by atoms with van der Waals surface area (Å²) >= 11 is 0. The lowest BCUT2D eigenvalue weighted by atomic mass is 9.75. The molecule has 0 spiro atoms. The summed E-state index contributed by atoms with van der Waals surface area (Å²) in [5.41, 5.74) is 14.8. The molecule has 5 heterocycles. The molecule has 4 aromatic rings. The maximum Gasteiger partial charge on any atom is 0.407 e. The van der Waals surface area contributed by atoms with Gasteiger partial charge in [-0.1, -0.05) is 71.0 Å². The summed E-state index contributed by atoms with van der Waals surface area (Å²) in [5, 5.41) is 14.5. The zero-order valence-electron chi connectivity index (χ0n) is 41.1. The Bertz CT molecular complexity index is 2580. The lowest BCUT2D eigenvalue weighted by molar-refractivity contribution is -0.134. The van der Waals surface area contributed by atoms with E-state index in [0.29, 0.717) is 26.3 Å². The Balaban J connectivity index is 1.04. The number of H-pyrrole nitrogens is 2. The topological polar surface area (TPSA) is 193 Å². The van der Waals surface area contributed by atoms with Gasteiger partial charge in [-0.25, -0.2) is 14.8 Å². The first-order valence-electron chi connectivity index (χ1n) is 24.9. The van der Waals surface area contributed by atoms with E-state index >= 15 is 0 Å². The second-order valence-electron chi connectivity index (χ2n) is 20.2. The molecule has 69 heavy (non-hydrogen) atoms. The van der Waals surface area contributed by atoms with E-state index in [1.165, 1.54) is 18.2 Å². The first kappa shape index (κ1) is 48.3. The minimum atomic E-state index is -0.915. The minimum Gasteiger partial charge on any atom is -0.492 e. The second kappa shape index (κ2) is 20.7. The summed E-state index contributed by atoms with van der Waals surface area (Å²) in [6.45, 7) is 12.6. The number of nitrogens with zero attached hydrogens (tertiary/aromatic N) is 4. The third kappa shape index (κ3) is 9.88. The van der Waals surface area contributed by atoms with Crippen LogP contribution in [0, 0.1) is 23.7 Å². The number of amides is 2. The van der Waals surface area contributed by atoms with Crippen molar-refractivity contribution in [3.05, 3.63) is 101 Å². The van der Waals surface area contributed by atoms with Gasteiger partial charge in [0.25, 0.3) is 0 Å². The number of hydrogen-bond acceptors (Lipinski definition) is 11. The Kier molecular flexibility index (Phi) is 14.5. The average molecular weight is 943 g/mol. The SMILES string of the molecule is COCCOC1=CC(C2Oc3cc(-c4cnc(C5CCCN5C(=O)C(N)C(C)C)[nH]4)ccc3C3=Cc4cc(-c5cnc(C6CCCN6C(O)C(NC(=O)OC)C(C)C)[nH]5)ccc4C(C)C2C3)CC=C1. The second-order valence-corrected chi connectivity index (χ2v) is 20.2. The number of hydrogen-bond donors (Lipinski definition) is 5. The number of nitrogens with two attached hydrogens (primary N) is 1. The van der Waals surface area contributed by atoms with Gasteiger partial charge in [-0.15, -0.1) is 0 Å². The molecule has 2 amide bonds. The van der Waals surface area contributed by atoms with Gasteiger partial charge in [0.2, 0.25) is 5.91 Å². The van der Waals surface area contributed by atoms with E-state index < -0.39 is 24.4 Å². The highest BCUT2D eigenvalue weighted by Crippen LogP contribution is 2.50. The number of methoxy groups -OCH3 is 2. The van der Waals surface area contributed by atoms with Crippen LogP contribution in [-0.2, 0) is 19.0 Å². The molecule has 2 aromatic carbocycles. The van der Waals surface area contributed by atoms with Crippen LogP contribution in [0.5, 0.6) is 5.75 Å². The number of likely N-dealkylation sites (tertiary alicyclic amines) is 2. The van der Waals surface area contributed by atoms with Crippen LogP contribution in [0.2, 0.25) is 0 Å². The van der Waals surface area contributed by atoms with E-state index in [1.54, 1.807) is 7.11 Å². The lowest BCUT2D eigenvalue weighted by Crippen LogP contribution is -2.54. The first-order chi connectivity index (χ1) is 33.3. The predicted octanol–water partition coefficient (Wildman–Crippen LogP) is 8.50. The smallest absolute Gasteiger partial charge is 0.407 e. The van der Waals surface area contributed by atoms with Crippen molar-refractivity contribution in [3.63, 3.8) is 0 Å². The zero-order chi connectivity index (χ0) is 48.5. The standard InChI is InChI=1S/C54H70N8O7/c1-30(2)47(55)52(63)61-19-9-13-44(61)50-57-29-43(59-50)34-16-18-40-37-24-36-23-33(42-28-56-51(58-42)45-14-10-20-62(45)53(64)48(31(3)4)60-54(65)67-7)15-17-39(36)32(5)41(26-37)49(69-46(40)27-34)35-11-8-12-38(25-35)68-22-21-66-6/h8,12,15-18,23-25,27-32,35,41,44-45,47-49,53,64H,9-11,13-14,19-22,26,55H2,1-7H3,(H,56,58)(H,57,59)(H,60,65). The highest BCUT2D eigenvalue weighted by molar-refractivity contribution is 5.88. The highest BCUT2D eigenvalue weighted by Gasteiger charge is 2.42. The molecule has 2 bridgehead atoms. The maximum absolute atomic E-state index is 13.4. The molecule has 5 aliphatic rings. The number of aromatic amines is 2. The molecule has 2 aromatic heterocycles. The number of allylic oxidation sites excluding steroid dienone is 3. The Morgan fingerprint density at radius 2 is 1.65 bits per heavy atom. The van der Waals surface area contributed by atoms with Crippen molar-refractivity contribution in [2.45, 2.75) is 116 Å². The minimum absolute atomic E-state index is 0.0246. The third-order valence-corrected chi connectivity index (χ3v) is 15.2. The largest absolute Gasteiger partial charge is 0.492 e. The molecule has 368 valence electrons. The lowest BCUT2D eigenvalue weighted by Gasteiger charge is -2.35. The molecule has 2 aliphatic carbocycles. The molecule has 15 heteroatoms. The van der Waals surface area contributed by atoms with Gasteiger partial charge in [0.1, 0.15) is 42.1 Å². The summed E-state index contributed by atoms with van der Waals surface area (Å²) in [5.74, 6) is 3.54. The molecule has 0 radical (unpaired) electrons. The van der Waals surface area contributed by atoms with E-state index in [-0.39, 0.29) is 53.7 Å². The number of fused-ring (bicyclic) bond motifs is 5. The monoisotopic (exact) mass is 943 g/mol. The molecule has 3 aliphatic heterocycles.